The quantitative estimate of drug-likeness (QED) is 0.824. The first-order valence-electron chi connectivity index (χ1n) is 9.52. The molecule has 144 valence electrons. The first-order valence-corrected chi connectivity index (χ1v) is 9.52. The Morgan fingerprint density at radius 1 is 1.19 bits per heavy atom. The second-order valence-corrected chi connectivity index (χ2v) is 7.41. The fourth-order valence-electron chi connectivity index (χ4n) is 3.42. The molecule has 0 atom stereocenters. The topological polar surface area (TPSA) is 60.5 Å². The van der Waals surface area contributed by atoms with Crippen LogP contribution in [0.25, 0.3) is 0 Å². The molecule has 1 saturated heterocycles. The van der Waals surface area contributed by atoms with E-state index in [1.807, 2.05) is 50.6 Å². The molecule has 0 bridgehead atoms. The van der Waals surface area contributed by atoms with Gasteiger partial charge in [0.2, 0.25) is 0 Å². The average Bonchev–Trinajstić information content (AvgIpc) is 2.64. The number of pyridine rings is 1. The minimum atomic E-state index is -0.125. The number of hydrogen-bond acceptors (Lipinski definition) is 4. The molecule has 0 aliphatic carbocycles. The third-order valence-electron chi connectivity index (χ3n) is 4.72. The minimum absolute atomic E-state index is 0.125. The number of nitrogens with one attached hydrogen (secondary N) is 2. The third kappa shape index (κ3) is 6.34. The van der Waals surface area contributed by atoms with Crippen LogP contribution in [-0.2, 0) is 13.1 Å². The summed E-state index contributed by atoms with van der Waals surface area (Å²) in [6, 6.07) is 14.1. The first kappa shape index (κ1) is 19.3. The Morgan fingerprint density at radius 2 is 2.00 bits per heavy atom. The van der Waals surface area contributed by atoms with Crippen molar-refractivity contribution in [3.8, 4) is 0 Å². The van der Waals surface area contributed by atoms with Crippen molar-refractivity contribution in [2.24, 2.45) is 0 Å². The molecular formula is C21H29N5O. The predicted octanol–water partition coefficient (Wildman–Crippen LogP) is 2.93. The molecule has 2 N–H and O–H groups in total. The summed E-state index contributed by atoms with van der Waals surface area (Å²) in [5.74, 6) is 0. The van der Waals surface area contributed by atoms with Gasteiger partial charge in [0.1, 0.15) is 0 Å². The van der Waals surface area contributed by atoms with E-state index in [4.69, 9.17) is 0 Å². The molecule has 2 aromatic rings. The van der Waals surface area contributed by atoms with Gasteiger partial charge in [-0.2, -0.15) is 0 Å². The number of benzene rings is 1. The number of urea groups is 1. The number of carbonyl (C=O) groups is 1. The first-order chi connectivity index (χ1) is 13.1. The Balaban J connectivity index is 1.43. The highest BCUT2D eigenvalue weighted by atomic mass is 16.2. The molecular weight excluding hydrogens is 338 g/mol. The second-order valence-electron chi connectivity index (χ2n) is 7.41. The Labute approximate surface area is 161 Å². The van der Waals surface area contributed by atoms with Crippen LogP contribution in [0.1, 0.15) is 24.1 Å². The summed E-state index contributed by atoms with van der Waals surface area (Å²) >= 11 is 0. The van der Waals surface area contributed by atoms with Crippen molar-refractivity contribution in [2.75, 3.05) is 32.5 Å². The number of nitrogens with zero attached hydrogens (tertiary/aromatic N) is 3. The van der Waals surface area contributed by atoms with E-state index in [-0.39, 0.29) is 12.1 Å². The van der Waals surface area contributed by atoms with Gasteiger partial charge < -0.3 is 15.5 Å². The second kappa shape index (κ2) is 9.48. The molecule has 1 aromatic heterocycles. The van der Waals surface area contributed by atoms with Crippen LogP contribution in [0.2, 0.25) is 0 Å². The van der Waals surface area contributed by atoms with Crippen LogP contribution in [0.3, 0.4) is 0 Å². The van der Waals surface area contributed by atoms with Crippen LogP contribution in [0.5, 0.6) is 0 Å². The minimum Gasteiger partial charge on any atom is -0.335 e. The van der Waals surface area contributed by atoms with Gasteiger partial charge in [0.05, 0.1) is 5.69 Å². The van der Waals surface area contributed by atoms with E-state index in [1.165, 1.54) is 5.56 Å². The monoisotopic (exact) mass is 367 g/mol. The van der Waals surface area contributed by atoms with E-state index < -0.39 is 0 Å². The lowest BCUT2D eigenvalue weighted by atomic mass is 10.1. The fourth-order valence-corrected chi connectivity index (χ4v) is 3.42. The van der Waals surface area contributed by atoms with E-state index in [0.717, 1.165) is 50.4 Å². The SMILES string of the molecule is CN(C)Cc1cccc(NC(=O)NC2CCN(Cc3ccccn3)CC2)c1. The fraction of sp³-hybridized carbons (Fsp3) is 0.429. The molecule has 6 nitrogen and oxygen atoms in total. The molecule has 1 fully saturated rings. The van der Waals surface area contributed by atoms with Crippen molar-refractivity contribution in [3.05, 3.63) is 59.9 Å². The number of rotatable bonds is 6. The van der Waals surface area contributed by atoms with Gasteiger partial charge in [0.25, 0.3) is 0 Å². The Bertz CT molecular complexity index is 726. The van der Waals surface area contributed by atoms with Gasteiger partial charge in [0.15, 0.2) is 0 Å². The lowest BCUT2D eigenvalue weighted by molar-refractivity contribution is 0.188. The van der Waals surface area contributed by atoms with Gasteiger partial charge >= 0.3 is 6.03 Å². The number of likely N-dealkylation sites (tertiary alicyclic amines) is 1. The van der Waals surface area contributed by atoms with Crippen LogP contribution in [-0.4, -0.2) is 54.0 Å². The number of hydrogen-bond donors (Lipinski definition) is 2. The van der Waals surface area contributed by atoms with Crippen LogP contribution in [0, 0.1) is 0 Å². The molecule has 1 aliphatic rings. The van der Waals surface area contributed by atoms with E-state index in [2.05, 4.69) is 37.6 Å². The maximum Gasteiger partial charge on any atom is 0.319 e. The summed E-state index contributed by atoms with van der Waals surface area (Å²) in [6.07, 6.45) is 3.75. The van der Waals surface area contributed by atoms with Crippen molar-refractivity contribution in [3.63, 3.8) is 0 Å². The molecule has 0 spiro atoms. The normalized spacial score (nSPS) is 15.7. The maximum atomic E-state index is 12.3. The molecule has 6 heteroatoms. The van der Waals surface area contributed by atoms with Crippen molar-refractivity contribution in [1.29, 1.82) is 0 Å². The standard InChI is InChI=1S/C21H29N5O/c1-25(2)15-17-6-5-8-19(14-17)24-21(27)23-18-9-12-26(13-10-18)16-20-7-3-4-11-22-20/h3-8,11,14,18H,9-10,12-13,15-16H2,1-2H3,(H2,23,24,27). The number of piperidine rings is 1. The molecule has 2 amide bonds. The largest absolute Gasteiger partial charge is 0.335 e. The zero-order valence-corrected chi connectivity index (χ0v) is 16.2. The molecule has 0 unspecified atom stereocenters. The zero-order valence-electron chi connectivity index (χ0n) is 16.2. The highest BCUT2D eigenvalue weighted by molar-refractivity contribution is 5.89. The summed E-state index contributed by atoms with van der Waals surface area (Å²) in [5.41, 5.74) is 3.11. The van der Waals surface area contributed by atoms with Gasteiger partial charge in [-0.3, -0.25) is 9.88 Å². The van der Waals surface area contributed by atoms with E-state index >= 15 is 0 Å². The molecule has 1 aromatic carbocycles. The highest BCUT2D eigenvalue weighted by Crippen LogP contribution is 2.14. The van der Waals surface area contributed by atoms with Crippen molar-refractivity contribution in [1.82, 2.24) is 20.1 Å². The van der Waals surface area contributed by atoms with Crippen LogP contribution in [0.4, 0.5) is 10.5 Å². The lowest BCUT2D eigenvalue weighted by Crippen LogP contribution is -2.45. The zero-order chi connectivity index (χ0) is 19.1. The molecule has 27 heavy (non-hydrogen) atoms. The molecule has 0 saturated carbocycles. The van der Waals surface area contributed by atoms with E-state index in [0.29, 0.717) is 0 Å². The van der Waals surface area contributed by atoms with Gasteiger partial charge in [-0.1, -0.05) is 18.2 Å². The Kier molecular flexibility index (Phi) is 6.79. The van der Waals surface area contributed by atoms with Crippen molar-refractivity contribution in [2.45, 2.75) is 32.0 Å². The lowest BCUT2D eigenvalue weighted by Gasteiger charge is -2.32. The summed E-state index contributed by atoms with van der Waals surface area (Å²) in [6.45, 7) is 3.67. The molecule has 0 radical (unpaired) electrons. The Hall–Kier alpha value is -2.44. The van der Waals surface area contributed by atoms with E-state index in [1.54, 1.807) is 0 Å². The number of anilines is 1. The average molecular weight is 367 g/mol. The highest BCUT2D eigenvalue weighted by Gasteiger charge is 2.21. The van der Waals surface area contributed by atoms with Gasteiger partial charge in [-0.05, 0) is 56.8 Å². The molecule has 1 aliphatic heterocycles. The summed E-state index contributed by atoms with van der Waals surface area (Å²) in [7, 11) is 4.07. The van der Waals surface area contributed by atoms with Gasteiger partial charge in [0, 0.05) is 44.1 Å². The Morgan fingerprint density at radius 3 is 2.70 bits per heavy atom. The number of aromatic nitrogens is 1. The van der Waals surface area contributed by atoms with Crippen molar-refractivity contribution >= 4 is 11.7 Å². The van der Waals surface area contributed by atoms with Crippen molar-refractivity contribution < 1.29 is 4.79 Å². The predicted molar refractivity (Wildman–Crippen MR) is 109 cm³/mol. The summed E-state index contributed by atoms with van der Waals surface area (Å²) < 4.78 is 0. The van der Waals surface area contributed by atoms with Crippen LogP contribution < -0.4 is 10.6 Å². The van der Waals surface area contributed by atoms with Crippen LogP contribution in [0.15, 0.2) is 48.7 Å². The summed E-state index contributed by atoms with van der Waals surface area (Å²) in [4.78, 5) is 21.2. The number of carbonyl (C=O) groups excluding carboxylic acids is 1. The van der Waals surface area contributed by atoms with E-state index in [9.17, 15) is 4.79 Å². The molecule has 3 rings (SSSR count). The molecule has 2 heterocycles. The maximum absolute atomic E-state index is 12.3. The smallest absolute Gasteiger partial charge is 0.319 e. The van der Waals surface area contributed by atoms with Gasteiger partial charge in [-0.25, -0.2) is 4.79 Å². The number of amides is 2. The van der Waals surface area contributed by atoms with Crippen LogP contribution >= 0.6 is 0 Å². The third-order valence-corrected chi connectivity index (χ3v) is 4.72. The summed E-state index contributed by atoms with van der Waals surface area (Å²) in [5, 5.41) is 6.07. The van der Waals surface area contributed by atoms with Gasteiger partial charge in [-0.15, -0.1) is 0 Å².